The summed E-state index contributed by atoms with van der Waals surface area (Å²) in [5.41, 5.74) is 0. The van der Waals surface area contributed by atoms with Crippen LogP contribution in [0.2, 0.25) is 0 Å². The van der Waals surface area contributed by atoms with E-state index in [1.54, 1.807) is 18.5 Å². The van der Waals surface area contributed by atoms with Gasteiger partial charge in [-0.05, 0) is 30.3 Å². The fourth-order valence-electron chi connectivity index (χ4n) is 2.26. The zero-order valence-corrected chi connectivity index (χ0v) is 15.5. The van der Waals surface area contributed by atoms with Crippen LogP contribution < -0.4 is 10.1 Å². The molecule has 2 unspecified atom stereocenters. The van der Waals surface area contributed by atoms with Gasteiger partial charge in [0, 0.05) is 28.0 Å². The number of nitrogens with zero attached hydrogens (tertiary/aromatic N) is 1. The first-order chi connectivity index (χ1) is 12.0. The van der Waals surface area contributed by atoms with E-state index in [1.807, 2.05) is 24.3 Å². The molecule has 3 N–H and O–H groups in total. The molecule has 2 heterocycles. The van der Waals surface area contributed by atoms with Crippen molar-refractivity contribution in [2.24, 2.45) is 0 Å². The third kappa shape index (κ3) is 3.82. The van der Waals surface area contributed by atoms with Crippen LogP contribution in [0.4, 0.5) is 0 Å². The van der Waals surface area contributed by atoms with E-state index in [4.69, 9.17) is 4.74 Å². The minimum absolute atomic E-state index is 0.458. The van der Waals surface area contributed by atoms with Crippen LogP contribution in [0.3, 0.4) is 0 Å². The third-order valence-electron chi connectivity index (χ3n) is 3.58. The van der Waals surface area contributed by atoms with Crippen LogP contribution in [-0.2, 0) is 4.79 Å². The van der Waals surface area contributed by atoms with Crippen LogP contribution in [0.25, 0.3) is 10.1 Å². The van der Waals surface area contributed by atoms with Crippen LogP contribution in [0.5, 0.6) is 11.5 Å². The van der Waals surface area contributed by atoms with Crippen LogP contribution >= 0.6 is 27.3 Å². The van der Waals surface area contributed by atoms with Gasteiger partial charge in [-0.1, -0.05) is 15.9 Å². The van der Waals surface area contributed by atoms with E-state index in [-0.39, 0.29) is 0 Å². The maximum Gasteiger partial charge on any atom is 0.251 e. The molecule has 0 bridgehead atoms. The number of thiophene rings is 1. The number of halogens is 1. The van der Waals surface area contributed by atoms with Gasteiger partial charge in [-0.3, -0.25) is 9.78 Å². The third-order valence-corrected chi connectivity index (χ3v) is 5.24. The average Bonchev–Trinajstić information content (AvgIpc) is 3.07. The van der Waals surface area contributed by atoms with Crippen molar-refractivity contribution >= 4 is 43.3 Å². The van der Waals surface area contributed by atoms with Crippen molar-refractivity contribution in [1.29, 1.82) is 0 Å². The van der Waals surface area contributed by atoms with Crippen molar-refractivity contribution in [3.8, 4) is 11.5 Å². The van der Waals surface area contributed by atoms with Crippen molar-refractivity contribution < 1.29 is 19.7 Å². The van der Waals surface area contributed by atoms with Crippen molar-refractivity contribution in [3.05, 3.63) is 52.1 Å². The molecule has 0 aliphatic carbocycles. The van der Waals surface area contributed by atoms with Gasteiger partial charge in [0.1, 0.15) is 11.9 Å². The number of carbonyl (C=O) groups excluding carboxylic acids is 1. The van der Waals surface area contributed by atoms with E-state index in [1.165, 1.54) is 18.4 Å². The van der Waals surface area contributed by atoms with E-state index < -0.39 is 18.1 Å². The fraction of sp³-hybridized carbons (Fsp3) is 0.176. The minimum Gasteiger partial charge on any atom is -0.455 e. The summed E-state index contributed by atoms with van der Waals surface area (Å²) in [6.45, 7) is 0. The quantitative estimate of drug-likeness (QED) is 0.587. The summed E-state index contributed by atoms with van der Waals surface area (Å²) in [6, 6.07) is 9.07. The van der Waals surface area contributed by atoms with Crippen LogP contribution in [-0.4, -0.2) is 34.3 Å². The summed E-state index contributed by atoms with van der Waals surface area (Å²) in [7, 11) is 1.40. The molecule has 0 saturated heterocycles. The highest BCUT2D eigenvalue weighted by molar-refractivity contribution is 9.10. The van der Waals surface area contributed by atoms with E-state index >= 15 is 0 Å². The molecule has 2 atom stereocenters. The van der Waals surface area contributed by atoms with Crippen molar-refractivity contribution in [1.82, 2.24) is 10.3 Å². The highest BCUT2D eigenvalue weighted by Crippen LogP contribution is 2.37. The van der Waals surface area contributed by atoms with Gasteiger partial charge in [0.15, 0.2) is 11.9 Å². The van der Waals surface area contributed by atoms with Crippen LogP contribution in [0, 0.1) is 0 Å². The molecule has 3 aromatic rings. The molecule has 0 radical (unpaired) electrons. The second-order valence-electron chi connectivity index (χ2n) is 5.26. The summed E-state index contributed by atoms with van der Waals surface area (Å²) in [5.74, 6) is 0.537. The molecule has 25 heavy (non-hydrogen) atoms. The summed E-state index contributed by atoms with van der Waals surface area (Å²) < 4.78 is 7.60. The number of aromatic nitrogens is 1. The molecule has 0 saturated carbocycles. The highest BCUT2D eigenvalue weighted by atomic mass is 79.9. The molecule has 1 aromatic carbocycles. The Hall–Kier alpha value is -2.00. The number of rotatable bonds is 5. The zero-order chi connectivity index (χ0) is 18.0. The number of benzene rings is 1. The molecule has 2 aromatic heterocycles. The number of pyridine rings is 1. The van der Waals surface area contributed by atoms with Gasteiger partial charge in [0.25, 0.3) is 5.91 Å². The highest BCUT2D eigenvalue weighted by Gasteiger charge is 2.26. The molecule has 0 aliphatic rings. The summed E-state index contributed by atoms with van der Waals surface area (Å²) in [4.78, 5) is 16.1. The number of nitrogens with one attached hydrogen (secondary N) is 1. The van der Waals surface area contributed by atoms with Gasteiger partial charge >= 0.3 is 0 Å². The minimum atomic E-state index is -1.54. The summed E-state index contributed by atoms with van der Waals surface area (Å²) >= 11 is 4.62. The standard InChI is InChI=1S/C17H15BrN2O4S/c1-19-17(23)16(22)15(21)13-6-11-12(7-20-8-14(11)25-13)24-10-4-2-9(18)3-5-10/h2-8,15-16,21-22H,1H3,(H,19,23). The molecule has 0 aliphatic heterocycles. The second kappa shape index (κ2) is 7.49. The van der Waals surface area contributed by atoms with E-state index in [9.17, 15) is 15.0 Å². The Kier molecular flexibility index (Phi) is 5.33. The number of ether oxygens (including phenoxy) is 1. The number of amides is 1. The second-order valence-corrected chi connectivity index (χ2v) is 7.29. The molecule has 1 amide bonds. The molecule has 130 valence electrons. The first-order valence-corrected chi connectivity index (χ1v) is 8.99. The Morgan fingerprint density at radius 2 is 2.00 bits per heavy atom. The van der Waals surface area contributed by atoms with E-state index in [0.29, 0.717) is 16.4 Å². The van der Waals surface area contributed by atoms with E-state index in [0.717, 1.165) is 14.6 Å². The number of hydrogen-bond acceptors (Lipinski definition) is 6. The summed E-state index contributed by atoms with van der Waals surface area (Å²) in [5, 5.41) is 23.2. The van der Waals surface area contributed by atoms with Crippen LogP contribution in [0.1, 0.15) is 11.0 Å². The number of hydrogen-bond donors (Lipinski definition) is 3. The number of fused-ring (bicyclic) bond motifs is 1. The maximum atomic E-state index is 11.5. The topological polar surface area (TPSA) is 91.7 Å². The number of aliphatic hydroxyl groups is 2. The number of likely N-dealkylation sites (N-methyl/N-ethyl adjacent to an activating group) is 1. The first kappa shape index (κ1) is 17.8. The first-order valence-electron chi connectivity index (χ1n) is 7.38. The van der Waals surface area contributed by atoms with Gasteiger partial charge in [-0.25, -0.2) is 0 Å². The Morgan fingerprint density at radius 1 is 1.28 bits per heavy atom. The lowest BCUT2D eigenvalue weighted by molar-refractivity contribution is -0.134. The lowest BCUT2D eigenvalue weighted by Crippen LogP contribution is -2.36. The fourth-order valence-corrected chi connectivity index (χ4v) is 3.59. The monoisotopic (exact) mass is 422 g/mol. The van der Waals surface area contributed by atoms with Crippen molar-refractivity contribution in [2.75, 3.05) is 7.05 Å². The molecule has 0 spiro atoms. The summed E-state index contributed by atoms with van der Waals surface area (Å²) in [6.07, 6.45) is 0.374. The van der Waals surface area contributed by atoms with Gasteiger partial charge < -0.3 is 20.3 Å². The zero-order valence-electron chi connectivity index (χ0n) is 13.1. The number of aliphatic hydroxyl groups excluding tert-OH is 2. The number of carbonyl (C=O) groups is 1. The molecule has 3 rings (SSSR count). The van der Waals surface area contributed by atoms with Gasteiger partial charge in [-0.2, -0.15) is 0 Å². The van der Waals surface area contributed by atoms with Gasteiger partial charge in [0.05, 0.1) is 10.9 Å². The van der Waals surface area contributed by atoms with Gasteiger partial charge in [0.2, 0.25) is 0 Å². The van der Waals surface area contributed by atoms with E-state index in [2.05, 4.69) is 26.2 Å². The lowest BCUT2D eigenvalue weighted by Gasteiger charge is -2.14. The SMILES string of the molecule is CNC(=O)C(O)C(O)c1cc2c(Oc3ccc(Br)cc3)cncc2s1. The van der Waals surface area contributed by atoms with Crippen molar-refractivity contribution in [2.45, 2.75) is 12.2 Å². The molecule has 8 heteroatoms. The largest absolute Gasteiger partial charge is 0.455 e. The van der Waals surface area contributed by atoms with Crippen molar-refractivity contribution in [3.63, 3.8) is 0 Å². The predicted molar refractivity (Wildman–Crippen MR) is 98.9 cm³/mol. The Labute approximate surface area is 156 Å². The maximum absolute atomic E-state index is 11.5. The average molecular weight is 423 g/mol. The lowest BCUT2D eigenvalue weighted by atomic mass is 10.1. The predicted octanol–water partition coefficient (Wildman–Crippen LogP) is 2.99. The Balaban J connectivity index is 1.92. The molecule has 6 nitrogen and oxygen atoms in total. The smallest absolute Gasteiger partial charge is 0.251 e. The molecule has 0 fully saturated rings. The van der Waals surface area contributed by atoms with Crippen LogP contribution in [0.15, 0.2) is 47.2 Å². The molecular weight excluding hydrogens is 408 g/mol. The molecular formula is C17H15BrN2O4S. The Bertz CT molecular complexity index is 897. The normalized spacial score (nSPS) is 13.4. The Morgan fingerprint density at radius 3 is 2.68 bits per heavy atom. The van der Waals surface area contributed by atoms with Gasteiger partial charge in [-0.15, -0.1) is 11.3 Å².